The second-order valence-corrected chi connectivity index (χ2v) is 15.2. The molecule has 1 atom stereocenters. The van der Waals surface area contributed by atoms with Crippen LogP contribution in [-0.4, -0.2) is 36.4 Å². The van der Waals surface area contributed by atoms with Crippen LogP contribution >= 0.6 is 0 Å². The molecule has 0 fully saturated rings. The minimum absolute atomic E-state index is 0.139. The summed E-state index contributed by atoms with van der Waals surface area (Å²) in [4.78, 5) is 24.0. The summed E-state index contributed by atoms with van der Waals surface area (Å²) >= 11 is 0. The first-order chi connectivity index (χ1) is 26.6. The molecule has 0 unspecified atom stereocenters. The summed E-state index contributed by atoms with van der Waals surface area (Å²) in [5.74, 6) is -0.653. The van der Waals surface area contributed by atoms with E-state index in [2.05, 4.69) is 62.5 Å². The number of esters is 2. The van der Waals surface area contributed by atoms with E-state index in [1.165, 1.54) is 141 Å². The molecule has 0 radical (unpaired) electrons. The molecule has 0 aliphatic rings. The highest BCUT2D eigenvalue weighted by atomic mass is 16.6. The highest BCUT2D eigenvalue weighted by molar-refractivity contribution is 5.70. The highest BCUT2D eigenvalue weighted by Gasteiger charge is 2.11. The maximum Gasteiger partial charge on any atom is 0.306 e. The van der Waals surface area contributed by atoms with Gasteiger partial charge in [-0.3, -0.25) is 9.59 Å². The van der Waals surface area contributed by atoms with Gasteiger partial charge in [-0.2, -0.15) is 0 Å². The van der Waals surface area contributed by atoms with Crippen LogP contribution in [0, 0.1) is 0 Å². The number of hydrogen-bond donors (Lipinski definition) is 1. The van der Waals surface area contributed by atoms with Gasteiger partial charge in [0.2, 0.25) is 0 Å². The van der Waals surface area contributed by atoms with Crippen molar-refractivity contribution in [3.8, 4) is 0 Å². The van der Waals surface area contributed by atoms with Gasteiger partial charge in [0.25, 0.3) is 0 Å². The number of aliphatic hydroxyl groups excluding tert-OH is 1. The second kappa shape index (κ2) is 45.0. The van der Waals surface area contributed by atoms with E-state index in [1.54, 1.807) is 0 Å². The molecular formula is C49H86O5. The predicted molar refractivity (Wildman–Crippen MR) is 233 cm³/mol. The van der Waals surface area contributed by atoms with Crippen LogP contribution in [0.15, 0.2) is 60.8 Å². The Hall–Kier alpha value is -2.40. The number of carbonyl (C=O) groups is 2. The maximum absolute atomic E-state index is 12.0. The van der Waals surface area contributed by atoms with Crippen LogP contribution in [0.3, 0.4) is 0 Å². The van der Waals surface area contributed by atoms with E-state index >= 15 is 0 Å². The van der Waals surface area contributed by atoms with Gasteiger partial charge in [0, 0.05) is 12.8 Å². The molecule has 54 heavy (non-hydrogen) atoms. The molecule has 5 heteroatoms. The lowest BCUT2D eigenvalue weighted by Gasteiger charge is -2.12. The van der Waals surface area contributed by atoms with Crippen molar-refractivity contribution < 1.29 is 24.2 Å². The monoisotopic (exact) mass is 755 g/mol. The summed E-state index contributed by atoms with van der Waals surface area (Å²) in [5, 5.41) is 10.0. The lowest BCUT2D eigenvalue weighted by molar-refractivity contribution is -0.152. The van der Waals surface area contributed by atoms with Gasteiger partial charge in [0.05, 0.1) is 0 Å². The van der Waals surface area contributed by atoms with E-state index in [-0.39, 0.29) is 31.6 Å². The van der Waals surface area contributed by atoms with Crippen LogP contribution in [0.5, 0.6) is 0 Å². The second-order valence-electron chi connectivity index (χ2n) is 15.2. The molecule has 0 heterocycles. The van der Waals surface area contributed by atoms with Gasteiger partial charge in [0.15, 0.2) is 0 Å². The Morgan fingerprint density at radius 2 is 0.685 bits per heavy atom. The van der Waals surface area contributed by atoms with E-state index in [9.17, 15) is 14.7 Å². The first-order valence-electron chi connectivity index (χ1n) is 22.8. The number of carbonyl (C=O) groups excluding carboxylic acids is 2. The molecule has 5 nitrogen and oxygen atoms in total. The van der Waals surface area contributed by atoms with Gasteiger partial charge in [0.1, 0.15) is 19.3 Å². The number of ether oxygens (including phenoxy) is 2. The van der Waals surface area contributed by atoms with Crippen LogP contribution in [-0.2, 0) is 19.1 Å². The largest absolute Gasteiger partial charge is 0.463 e. The Balaban J connectivity index is 3.50. The fourth-order valence-corrected chi connectivity index (χ4v) is 6.31. The van der Waals surface area contributed by atoms with Gasteiger partial charge >= 0.3 is 11.9 Å². The molecule has 0 aromatic rings. The van der Waals surface area contributed by atoms with E-state index < -0.39 is 6.10 Å². The number of hydrogen-bond acceptors (Lipinski definition) is 5. The van der Waals surface area contributed by atoms with E-state index in [0.717, 1.165) is 44.9 Å². The number of allylic oxidation sites excluding steroid dienone is 10. The van der Waals surface area contributed by atoms with Gasteiger partial charge in [-0.15, -0.1) is 0 Å². The molecule has 0 aromatic carbocycles. The summed E-state index contributed by atoms with van der Waals surface area (Å²) in [7, 11) is 0. The van der Waals surface area contributed by atoms with Crippen LogP contribution in [0.4, 0.5) is 0 Å². The van der Waals surface area contributed by atoms with E-state index in [0.29, 0.717) is 12.8 Å². The van der Waals surface area contributed by atoms with Crippen molar-refractivity contribution in [3.05, 3.63) is 60.8 Å². The molecule has 0 saturated heterocycles. The fraction of sp³-hybridized carbons (Fsp3) is 0.755. The molecule has 0 spiro atoms. The van der Waals surface area contributed by atoms with Crippen LogP contribution in [0.25, 0.3) is 0 Å². The SMILES string of the molecule is CCCCC/C=C\C/C=C\C/C=C\C/C=C\C/C=C\CCC(=O)OC[C@H](O)COC(=O)CCCCCCCCCCCCCCCCCCCCCCC. The lowest BCUT2D eigenvalue weighted by Crippen LogP contribution is -2.25. The number of unbranched alkanes of at least 4 members (excludes halogenated alkanes) is 23. The number of rotatable bonds is 41. The Kier molecular flexibility index (Phi) is 43.0. The van der Waals surface area contributed by atoms with Gasteiger partial charge in [-0.1, -0.05) is 216 Å². The van der Waals surface area contributed by atoms with Gasteiger partial charge in [-0.25, -0.2) is 0 Å². The van der Waals surface area contributed by atoms with Crippen LogP contribution in [0.1, 0.15) is 219 Å². The van der Waals surface area contributed by atoms with Crippen molar-refractivity contribution in [2.45, 2.75) is 225 Å². The molecular weight excluding hydrogens is 669 g/mol. The molecule has 0 aromatic heterocycles. The molecule has 0 saturated carbocycles. The zero-order valence-electron chi connectivity index (χ0n) is 35.5. The lowest BCUT2D eigenvalue weighted by atomic mass is 10.0. The van der Waals surface area contributed by atoms with Gasteiger partial charge < -0.3 is 14.6 Å². The van der Waals surface area contributed by atoms with Crippen molar-refractivity contribution in [1.29, 1.82) is 0 Å². The van der Waals surface area contributed by atoms with Crippen LogP contribution < -0.4 is 0 Å². The Bertz CT molecular complexity index is 946. The van der Waals surface area contributed by atoms with Crippen molar-refractivity contribution in [2.75, 3.05) is 13.2 Å². The topological polar surface area (TPSA) is 72.8 Å². The van der Waals surface area contributed by atoms with Crippen molar-refractivity contribution in [3.63, 3.8) is 0 Å². The van der Waals surface area contributed by atoms with Gasteiger partial charge in [-0.05, 0) is 51.4 Å². The third-order valence-electron chi connectivity index (χ3n) is 9.77. The Morgan fingerprint density at radius 3 is 1.07 bits per heavy atom. The standard InChI is InChI=1S/C49H86O5/c1-3-5-7-9-11-13-15-17-19-21-23-24-26-28-30-32-34-36-38-40-42-44-49(52)54-46-47(50)45-53-48(51)43-41-39-37-35-33-31-29-27-25-22-20-18-16-14-12-10-8-6-4-2/h12,14,18,20,25,27,31,33,37,39,47,50H,3-11,13,15-17,19,21-24,26,28-30,32,34-36,38,40-46H2,1-2H3/b14-12-,20-18-,27-25-,33-31-,39-37-/t47-/m0/s1. The third kappa shape index (κ3) is 44.0. The summed E-state index contributed by atoms with van der Waals surface area (Å²) in [6.07, 6.45) is 58.7. The van der Waals surface area contributed by atoms with Crippen molar-refractivity contribution >= 4 is 11.9 Å². The minimum atomic E-state index is -0.995. The normalized spacial score (nSPS) is 12.7. The Morgan fingerprint density at radius 1 is 0.389 bits per heavy atom. The average molecular weight is 755 g/mol. The molecule has 0 aliphatic heterocycles. The first-order valence-corrected chi connectivity index (χ1v) is 22.8. The predicted octanol–water partition coefficient (Wildman–Crippen LogP) is 14.7. The average Bonchev–Trinajstić information content (AvgIpc) is 3.17. The van der Waals surface area contributed by atoms with Crippen molar-refractivity contribution in [2.24, 2.45) is 0 Å². The van der Waals surface area contributed by atoms with Crippen LogP contribution in [0.2, 0.25) is 0 Å². The summed E-state index contributed by atoms with van der Waals surface area (Å²) < 4.78 is 10.3. The smallest absolute Gasteiger partial charge is 0.306 e. The Labute approximate surface area is 334 Å². The van der Waals surface area contributed by atoms with Crippen molar-refractivity contribution in [1.82, 2.24) is 0 Å². The third-order valence-corrected chi connectivity index (χ3v) is 9.77. The first kappa shape index (κ1) is 51.6. The zero-order chi connectivity index (χ0) is 39.3. The fourth-order valence-electron chi connectivity index (χ4n) is 6.31. The summed E-state index contributed by atoms with van der Waals surface area (Å²) in [5.41, 5.74) is 0. The number of aliphatic hydroxyl groups is 1. The molecule has 0 bridgehead atoms. The summed E-state index contributed by atoms with van der Waals surface area (Å²) in [6.45, 7) is 4.23. The van der Waals surface area contributed by atoms with E-state index in [4.69, 9.17) is 9.47 Å². The zero-order valence-corrected chi connectivity index (χ0v) is 35.5. The quantitative estimate of drug-likeness (QED) is 0.0382. The summed E-state index contributed by atoms with van der Waals surface area (Å²) in [6, 6.07) is 0. The highest BCUT2D eigenvalue weighted by Crippen LogP contribution is 2.15. The molecule has 0 aliphatic carbocycles. The maximum atomic E-state index is 12.0. The molecule has 312 valence electrons. The minimum Gasteiger partial charge on any atom is -0.463 e. The van der Waals surface area contributed by atoms with E-state index in [1.807, 2.05) is 12.2 Å². The molecule has 0 amide bonds. The molecule has 1 N–H and O–H groups in total. The molecule has 0 rings (SSSR count).